The predicted molar refractivity (Wildman–Crippen MR) is 95.0 cm³/mol. The van der Waals surface area contributed by atoms with Gasteiger partial charge in [-0.2, -0.15) is 0 Å². The van der Waals surface area contributed by atoms with Crippen LogP contribution < -0.4 is 0 Å². The SMILES string of the molecule is CN(CCc1nc2ccc(Cl)cc2[nH]1)CCN1C[C@H]2CC[C@@H]1C2. The molecule has 2 bridgehead atoms. The Morgan fingerprint density at radius 3 is 3.04 bits per heavy atom. The molecule has 23 heavy (non-hydrogen) atoms. The number of aromatic amines is 1. The smallest absolute Gasteiger partial charge is 0.108 e. The van der Waals surface area contributed by atoms with Crippen molar-refractivity contribution in [3.05, 3.63) is 29.0 Å². The van der Waals surface area contributed by atoms with E-state index in [1.807, 2.05) is 18.2 Å². The molecule has 1 aliphatic heterocycles. The van der Waals surface area contributed by atoms with Crippen molar-refractivity contribution in [2.45, 2.75) is 31.7 Å². The number of imidazole rings is 1. The fraction of sp³-hybridized carbons (Fsp3) is 0.611. The van der Waals surface area contributed by atoms with Crippen LogP contribution in [0.5, 0.6) is 0 Å². The number of nitrogens with one attached hydrogen (secondary N) is 1. The number of aromatic nitrogens is 2. The summed E-state index contributed by atoms with van der Waals surface area (Å²) in [4.78, 5) is 13.1. The minimum Gasteiger partial charge on any atom is -0.342 e. The number of likely N-dealkylation sites (N-methyl/N-ethyl adjacent to an activating group) is 1. The molecule has 1 aromatic carbocycles. The maximum Gasteiger partial charge on any atom is 0.108 e. The average Bonchev–Trinajstić information content (AvgIpc) is 3.24. The molecule has 124 valence electrons. The Kier molecular flexibility index (Phi) is 4.31. The molecule has 0 radical (unpaired) electrons. The van der Waals surface area contributed by atoms with Crippen LogP contribution in [0.1, 0.15) is 25.1 Å². The summed E-state index contributed by atoms with van der Waals surface area (Å²) >= 11 is 6.02. The molecule has 1 N–H and O–H groups in total. The first-order valence-corrected chi connectivity index (χ1v) is 9.12. The molecular weight excluding hydrogens is 308 g/mol. The van der Waals surface area contributed by atoms with E-state index in [4.69, 9.17) is 11.6 Å². The van der Waals surface area contributed by atoms with Gasteiger partial charge in [0.1, 0.15) is 5.82 Å². The molecule has 2 aromatic rings. The highest BCUT2D eigenvalue weighted by Crippen LogP contribution is 2.36. The largest absolute Gasteiger partial charge is 0.342 e. The van der Waals surface area contributed by atoms with Gasteiger partial charge < -0.3 is 9.88 Å². The highest BCUT2D eigenvalue weighted by molar-refractivity contribution is 6.31. The summed E-state index contributed by atoms with van der Waals surface area (Å²) in [5.41, 5.74) is 2.03. The zero-order valence-electron chi connectivity index (χ0n) is 13.8. The molecule has 0 unspecified atom stereocenters. The lowest BCUT2D eigenvalue weighted by atomic mass is 10.1. The van der Waals surface area contributed by atoms with Crippen molar-refractivity contribution >= 4 is 22.6 Å². The van der Waals surface area contributed by atoms with Gasteiger partial charge in [0.2, 0.25) is 0 Å². The summed E-state index contributed by atoms with van der Waals surface area (Å²) in [6, 6.07) is 6.70. The van der Waals surface area contributed by atoms with Gasteiger partial charge in [0.05, 0.1) is 11.0 Å². The van der Waals surface area contributed by atoms with E-state index in [1.165, 1.54) is 32.4 Å². The van der Waals surface area contributed by atoms with Crippen LogP contribution in [0, 0.1) is 5.92 Å². The number of nitrogens with zero attached hydrogens (tertiary/aromatic N) is 3. The summed E-state index contributed by atoms with van der Waals surface area (Å²) < 4.78 is 0. The Hall–Kier alpha value is -1.10. The highest BCUT2D eigenvalue weighted by atomic mass is 35.5. The van der Waals surface area contributed by atoms with E-state index in [9.17, 15) is 0 Å². The van der Waals surface area contributed by atoms with Gasteiger partial charge in [-0.05, 0) is 50.4 Å². The Bertz CT molecular complexity index is 683. The molecule has 2 atom stereocenters. The molecule has 4 nitrogen and oxygen atoms in total. The number of halogens is 1. The Balaban J connectivity index is 1.26. The fourth-order valence-electron chi connectivity index (χ4n) is 4.16. The van der Waals surface area contributed by atoms with Crippen molar-refractivity contribution in [1.29, 1.82) is 0 Å². The predicted octanol–water partition coefficient (Wildman–Crippen LogP) is 3.17. The molecule has 2 aliphatic rings. The topological polar surface area (TPSA) is 35.2 Å². The number of hydrogen-bond donors (Lipinski definition) is 1. The van der Waals surface area contributed by atoms with Crippen LogP contribution in [0.2, 0.25) is 5.02 Å². The number of H-pyrrole nitrogens is 1. The van der Waals surface area contributed by atoms with Crippen molar-refractivity contribution in [1.82, 2.24) is 19.8 Å². The highest BCUT2D eigenvalue weighted by Gasteiger charge is 2.37. The van der Waals surface area contributed by atoms with E-state index in [-0.39, 0.29) is 0 Å². The van der Waals surface area contributed by atoms with Gasteiger partial charge in [-0.3, -0.25) is 4.90 Å². The van der Waals surface area contributed by atoms with Gasteiger partial charge in [0, 0.05) is 43.7 Å². The van der Waals surface area contributed by atoms with E-state index in [0.29, 0.717) is 0 Å². The van der Waals surface area contributed by atoms with E-state index in [2.05, 4.69) is 26.8 Å². The first-order chi connectivity index (χ1) is 11.2. The first-order valence-electron chi connectivity index (χ1n) is 8.74. The Morgan fingerprint density at radius 1 is 1.35 bits per heavy atom. The van der Waals surface area contributed by atoms with Gasteiger partial charge in [0.25, 0.3) is 0 Å². The average molecular weight is 333 g/mol. The molecule has 1 saturated heterocycles. The Labute approximate surface area is 142 Å². The second kappa shape index (κ2) is 6.42. The number of piperidine rings is 1. The molecule has 1 aliphatic carbocycles. The quantitative estimate of drug-likeness (QED) is 0.882. The molecule has 2 heterocycles. The second-order valence-electron chi connectivity index (χ2n) is 7.23. The lowest BCUT2D eigenvalue weighted by Gasteiger charge is -2.28. The summed E-state index contributed by atoms with van der Waals surface area (Å²) in [5.74, 6) is 2.04. The molecular formula is C18H25ClN4. The number of fused-ring (bicyclic) bond motifs is 3. The van der Waals surface area contributed by atoms with Gasteiger partial charge in [0.15, 0.2) is 0 Å². The van der Waals surface area contributed by atoms with Crippen LogP contribution >= 0.6 is 11.6 Å². The van der Waals surface area contributed by atoms with Gasteiger partial charge >= 0.3 is 0 Å². The minimum atomic E-state index is 0.754. The lowest BCUT2D eigenvalue weighted by molar-refractivity contribution is 0.184. The van der Waals surface area contributed by atoms with E-state index in [1.54, 1.807) is 0 Å². The lowest BCUT2D eigenvalue weighted by Crippen LogP contribution is -2.38. The van der Waals surface area contributed by atoms with Crippen LogP contribution in [0.15, 0.2) is 18.2 Å². The molecule has 1 saturated carbocycles. The number of benzene rings is 1. The van der Waals surface area contributed by atoms with Crippen molar-refractivity contribution in [3.63, 3.8) is 0 Å². The van der Waals surface area contributed by atoms with Crippen molar-refractivity contribution in [3.8, 4) is 0 Å². The number of hydrogen-bond acceptors (Lipinski definition) is 3. The molecule has 1 aromatic heterocycles. The zero-order valence-corrected chi connectivity index (χ0v) is 14.5. The van der Waals surface area contributed by atoms with E-state index >= 15 is 0 Å². The normalized spacial score (nSPS) is 24.3. The van der Waals surface area contributed by atoms with Crippen molar-refractivity contribution in [2.75, 3.05) is 33.2 Å². The van der Waals surface area contributed by atoms with Crippen molar-refractivity contribution < 1.29 is 0 Å². The molecule has 4 rings (SSSR count). The van der Waals surface area contributed by atoms with Crippen LogP contribution in [0.4, 0.5) is 0 Å². The first kappa shape index (κ1) is 15.4. The second-order valence-corrected chi connectivity index (χ2v) is 7.66. The maximum absolute atomic E-state index is 6.02. The third kappa shape index (κ3) is 3.39. The summed E-state index contributed by atoms with van der Waals surface area (Å²) in [6.45, 7) is 4.74. The Morgan fingerprint density at radius 2 is 2.26 bits per heavy atom. The molecule has 2 fully saturated rings. The summed E-state index contributed by atoms with van der Waals surface area (Å²) in [5, 5.41) is 0.754. The third-order valence-electron chi connectivity index (χ3n) is 5.51. The van der Waals surface area contributed by atoms with Crippen LogP contribution in [-0.4, -0.2) is 59.0 Å². The van der Waals surface area contributed by atoms with Crippen molar-refractivity contribution in [2.24, 2.45) is 5.92 Å². The number of rotatable bonds is 6. The number of likely N-dealkylation sites (tertiary alicyclic amines) is 1. The van der Waals surface area contributed by atoms with Gasteiger partial charge in [-0.1, -0.05) is 11.6 Å². The monoisotopic (exact) mass is 332 g/mol. The zero-order chi connectivity index (χ0) is 15.8. The summed E-state index contributed by atoms with van der Waals surface area (Å²) in [6.07, 6.45) is 5.29. The molecule has 5 heteroatoms. The third-order valence-corrected chi connectivity index (χ3v) is 5.75. The van der Waals surface area contributed by atoms with Crippen LogP contribution in [0.3, 0.4) is 0 Å². The van der Waals surface area contributed by atoms with Gasteiger partial charge in [-0.15, -0.1) is 0 Å². The summed E-state index contributed by atoms with van der Waals surface area (Å²) in [7, 11) is 2.22. The fourth-order valence-corrected chi connectivity index (χ4v) is 4.33. The molecule has 0 spiro atoms. The standard InChI is InChI=1S/C18H25ClN4/c1-22(8-9-23-12-13-2-4-15(23)10-13)7-6-18-20-16-5-3-14(19)11-17(16)21-18/h3,5,11,13,15H,2,4,6-10,12H2,1H3,(H,20,21)/t13-,15+/m0/s1. The van der Waals surface area contributed by atoms with Crippen LogP contribution in [-0.2, 0) is 6.42 Å². The van der Waals surface area contributed by atoms with E-state index in [0.717, 1.165) is 53.4 Å². The van der Waals surface area contributed by atoms with E-state index < -0.39 is 0 Å². The molecule has 0 amide bonds. The maximum atomic E-state index is 6.02. The van der Waals surface area contributed by atoms with Crippen LogP contribution in [0.25, 0.3) is 11.0 Å². The van der Waals surface area contributed by atoms with Gasteiger partial charge in [-0.25, -0.2) is 4.98 Å². The minimum absolute atomic E-state index is 0.754.